The third-order valence-electron chi connectivity index (χ3n) is 3.81. The highest BCUT2D eigenvalue weighted by Gasteiger charge is 2.18. The van der Waals surface area contributed by atoms with E-state index in [0.717, 1.165) is 10.5 Å². The normalized spacial score (nSPS) is 10.4. The van der Waals surface area contributed by atoms with E-state index in [2.05, 4.69) is 16.3 Å². The monoisotopic (exact) mass is 414 g/mol. The molecule has 3 rings (SSSR count). The maximum Gasteiger partial charge on any atom is 0.434 e. The van der Waals surface area contributed by atoms with Gasteiger partial charge in [0.15, 0.2) is 0 Å². The summed E-state index contributed by atoms with van der Waals surface area (Å²) in [7, 11) is 0. The minimum absolute atomic E-state index is 0.0423. The molecule has 0 aliphatic heterocycles. The first-order chi connectivity index (χ1) is 13.5. The Morgan fingerprint density at radius 1 is 1.21 bits per heavy atom. The third kappa shape index (κ3) is 5.25. The number of carbonyl (C=O) groups is 1. The summed E-state index contributed by atoms with van der Waals surface area (Å²) in [6.45, 7) is 0.324. The minimum atomic E-state index is -0.675. The molecule has 1 heterocycles. The zero-order valence-electron chi connectivity index (χ0n) is 14.6. The second kappa shape index (κ2) is 9.26. The van der Waals surface area contributed by atoms with Crippen molar-refractivity contribution in [2.45, 2.75) is 18.0 Å². The van der Waals surface area contributed by atoms with E-state index >= 15 is 0 Å². The fourth-order valence-corrected chi connectivity index (χ4v) is 3.56. The molecule has 0 aliphatic rings. The first-order valence-corrected chi connectivity index (χ1v) is 9.60. The molecule has 0 bridgehead atoms. The van der Waals surface area contributed by atoms with Crippen LogP contribution in [0.1, 0.15) is 17.0 Å². The van der Waals surface area contributed by atoms with Gasteiger partial charge in [0.25, 0.3) is 0 Å². The summed E-state index contributed by atoms with van der Waals surface area (Å²) in [5.74, 6) is -0.560. The van der Waals surface area contributed by atoms with E-state index in [-0.39, 0.29) is 30.6 Å². The molecule has 0 fully saturated rings. The Balaban J connectivity index is 1.74. The van der Waals surface area contributed by atoms with E-state index < -0.39 is 5.76 Å². The van der Waals surface area contributed by atoms with Crippen LogP contribution in [-0.4, -0.2) is 26.8 Å². The van der Waals surface area contributed by atoms with Gasteiger partial charge < -0.3 is 9.32 Å². The third-order valence-corrected chi connectivity index (χ3v) is 5.31. The molecule has 0 spiro atoms. The molecule has 1 aromatic heterocycles. The molecule has 0 atom stereocenters. The van der Waals surface area contributed by atoms with Crippen LogP contribution in [0.4, 0.5) is 0 Å². The second-order valence-electron chi connectivity index (χ2n) is 5.78. The van der Waals surface area contributed by atoms with Crippen LogP contribution in [0, 0.1) is 11.3 Å². The van der Waals surface area contributed by atoms with Crippen molar-refractivity contribution in [2.24, 2.45) is 0 Å². The molecule has 1 amide bonds. The Bertz CT molecular complexity index is 1060. The largest absolute Gasteiger partial charge is 0.434 e. The fraction of sp³-hybridized carbons (Fsp3) is 0.158. The van der Waals surface area contributed by atoms with Crippen LogP contribution in [0.25, 0.3) is 0 Å². The lowest BCUT2D eigenvalue weighted by molar-refractivity contribution is -0.129. The molecule has 0 radical (unpaired) electrons. The number of aromatic amines is 1. The van der Waals surface area contributed by atoms with Gasteiger partial charge in [-0.1, -0.05) is 35.9 Å². The number of carbonyl (C=O) groups excluding carboxylic acids is 1. The van der Waals surface area contributed by atoms with Crippen LogP contribution in [0.15, 0.2) is 62.6 Å². The molecule has 0 saturated heterocycles. The van der Waals surface area contributed by atoms with E-state index in [1.165, 1.54) is 16.7 Å². The predicted molar refractivity (Wildman–Crippen MR) is 105 cm³/mol. The maximum atomic E-state index is 12.8. The summed E-state index contributed by atoms with van der Waals surface area (Å²) in [4.78, 5) is 26.3. The number of H-pyrrole nitrogens is 1. The summed E-state index contributed by atoms with van der Waals surface area (Å²) < 4.78 is 4.93. The topological polar surface area (TPSA) is 103 Å². The molecule has 9 heteroatoms. The number of thioether (sulfide) groups is 1. The van der Waals surface area contributed by atoms with Crippen molar-refractivity contribution in [1.82, 2.24) is 15.1 Å². The van der Waals surface area contributed by atoms with E-state index in [0.29, 0.717) is 10.6 Å². The van der Waals surface area contributed by atoms with Gasteiger partial charge in [0.05, 0.1) is 29.0 Å². The average Bonchev–Trinajstić information content (AvgIpc) is 3.12. The SMILES string of the molecule is N#Cc1ccc(CN(Cc2n[nH]c(=O)o2)C(=O)CSc2ccccc2Cl)cc1. The molecular formula is C19H15ClN4O3S. The first-order valence-electron chi connectivity index (χ1n) is 8.23. The number of nitrogens with zero attached hydrogens (tertiary/aromatic N) is 3. The van der Waals surface area contributed by atoms with Gasteiger partial charge in [-0.05, 0) is 29.8 Å². The molecule has 0 unspecified atom stereocenters. The number of nitrogens with one attached hydrogen (secondary N) is 1. The van der Waals surface area contributed by atoms with Gasteiger partial charge in [0.1, 0.15) is 0 Å². The van der Waals surface area contributed by atoms with Crippen LogP contribution < -0.4 is 5.76 Å². The lowest BCUT2D eigenvalue weighted by Crippen LogP contribution is -2.31. The molecular weight excluding hydrogens is 400 g/mol. The zero-order chi connectivity index (χ0) is 19.9. The van der Waals surface area contributed by atoms with E-state index in [9.17, 15) is 9.59 Å². The number of halogens is 1. The quantitative estimate of drug-likeness (QED) is 0.595. The highest BCUT2D eigenvalue weighted by molar-refractivity contribution is 8.00. The molecule has 2 aromatic carbocycles. The average molecular weight is 415 g/mol. The molecule has 0 saturated carbocycles. The van der Waals surface area contributed by atoms with Crippen molar-refractivity contribution in [3.8, 4) is 6.07 Å². The molecule has 142 valence electrons. The van der Waals surface area contributed by atoms with Crippen molar-refractivity contribution in [2.75, 3.05) is 5.75 Å². The van der Waals surface area contributed by atoms with Crippen molar-refractivity contribution < 1.29 is 9.21 Å². The Kier molecular flexibility index (Phi) is 6.53. The Labute approximate surface area is 169 Å². The summed E-state index contributed by atoms with van der Waals surface area (Å²) in [5.41, 5.74) is 1.38. The maximum absolute atomic E-state index is 12.8. The summed E-state index contributed by atoms with van der Waals surface area (Å²) in [6.07, 6.45) is 0. The molecule has 1 N–H and O–H groups in total. The van der Waals surface area contributed by atoms with Gasteiger partial charge in [-0.15, -0.1) is 16.9 Å². The first kappa shape index (κ1) is 19.7. The standard InChI is InChI=1S/C19H15ClN4O3S/c20-15-3-1-2-4-16(15)28-12-18(25)24(11-17-22-23-19(26)27-17)10-14-7-5-13(9-21)6-8-14/h1-8H,10-12H2,(H,23,26). The second-order valence-corrected chi connectivity index (χ2v) is 7.21. The minimum Gasteiger partial charge on any atom is -0.391 e. The van der Waals surface area contributed by atoms with Gasteiger partial charge in [-0.2, -0.15) is 5.26 Å². The summed E-state index contributed by atoms with van der Waals surface area (Å²) >= 11 is 7.47. The van der Waals surface area contributed by atoms with Crippen LogP contribution in [-0.2, 0) is 17.9 Å². The number of hydrogen-bond acceptors (Lipinski definition) is 6. The number of aromatic nitrogens is 2. The number of rotatable bonds is 7. The Morgan fingerprint density at radius 2 is 1.96 bits per heavy atom. The lowest BCUT2D eigenvalue weighted by atomic mass is 10.1. The van der Waals surface area contributed by atoms with E-state index in [1.807, 2.05) is 18.2 Å². The van der Waals surface area contributed by atoms with Gasteiger partial charge in [0, 0.05) is 11.4 Å². The van der Waals surface area contributed by atoms with Crippen molar-refractivity contribution in [3.05, 3.63) is 81.1 Å². The zero-order valence-corrected chi connectivity index (χ0v) is 16.2. The smallest absolute Gasteiger partial charge is 0.391 e. The lowest BCUT2D eigenvalue weighted by Gasteiger charge is -2.21. The van der Waals surface area contributed by atoms with Crippen LogP contribution in [0.5, 0.6) is 0 Å². The van der Waals surface area contributed by atoms with Crippen LogP contribution in [0.2, 0.25) is 5.02 Å². The highest BCUT2D eigenvalue weighted by atomic mass is 35.5. The van der Waals surface area contributed by atoms with Gasteiger partial charge in [0.2, 0.25) is 11.8 Å². The predicted octanol–water partition coefficient (Wildman–Crippen LogP) is 3.21. The van der Waals surface area contributed by atoms with Crippen LogP contribution >= 0.6 is 23.4 Å². The number of hydrogen-bond donors (Lipinski definition) is 1. The molecule has 7 nitrogen and oxygen atoms in total. The summed E-state index contributed by atoms with van der Waals surface area (Å²) in [5, 5.41) is 15.5. The molecule has 0 aliphatic carbocycles. The fourth-order valence-electron chi connectivity index (χ4n) is 2.42. The van der Waals surface area contributed by atoms with Crippen LogP contribution in [0.3, 0.4) is 0 Å². The summed E-state index contributed by atoms with van der Waals surface area (Å²) in [6, 6.07) is 16.3. The highest BCUT2D eigenvalue weighted by Crippen LogP contribution is 2.27. The Hall–Kier alpha value is -3.02. The Morgan fingerprint density at radius 3 is 2.61 bits per heavy atom. The number of amides is 1. The van der Waals surface area contributed by atoms with Crippen molar-refractivity contribution in [1.29, 1.82) is 5.26 Å². The van der Waals surface area contributed by atoms with E-state index in [4.69, 9.17) is 21.3 Å². The molecule has 3 aromatic rings. The van der Waals surface area contributed by atoms with E-state index in [1.54, 1.807) is 30.3 Å². The van der Waals surface area contributed by atoms with Gasteiger partial charge in [-0.3, -0.25) is 4.79 Å². The van der Waals surface area contributed by atoms with Crippen molar-refractivity contribution >= 4 is 29.3 Å². The molecule has 28 heavy (non-hydrogen) atoms. The van der Waals surface area contributed by atoms with Gasteiger partial charge in [-0.25, -0.2) is 9.89 Å². The van der Waals surface area contributed by atoms with Crippen molar-refractivity contribution in [3.63, 3.8) is 0 Å². The number of nitriles is 1. The number of benzene rings is 2. The van der Waals surface area contributed by atoms with Gasteiger partial charge >= 0.3 is 5.76 Å².